The second kappa shape index (κ2) is 16.3. The number of esters is 3. The number of nitrogens with zero attached hydrogens (tertiary/aromatic N) is 3. The van der Waals surface area contributed by atoms with E-state index in [2.05, 4.69) is 21.2 Å². The Hall–Kier alpha value is -6.25. The van der Waals surface area contributed by atoms with E-state index in [0.29, 0.717) is 70.2 Å². The summed E-state index contributed by atoms with van der Waals surface area (Å²) in [4.78, 5) is 45.7. The maximum absolute atomic E-state index is 15.1. The summed E-state index contributed by atoms with van der Waals surface area (Å²) in [6.45, 7) is 5.16. The summed E-state index contributed by atoms with van der Waals surface area (Å²) in [6.07, 6.45) is 3.99. The zero-order valence-corrected chi connectivity index (χ0v) is 37.6. The van der Waals surface area contributed by atoms with Gasteiger partial charge in [0, 0.05) is 59.6 Å². The number of phenols is 1. The first-order chi connectivity index (χ1) is 31.4. The number of ether oxygens (including phenoxy) is 7. The minimum Gasteiger partial charge on any atom is -0.504 e. The largest absolute Gasteiger partial charge is 0.504 e. The van der Waals surface area contributed by atoms with Crippen molar-refractivity contribution in [3.05, 3.63) is 105 Å². The number of thioether (sulfide) groups is 1. The minimum atomic E-state index is -1.44. The molecule has 0 amide bonds. The number of hydrogen-bond donors (Lipinski definition) is 2. The molecule has 336 valence electrons. The Morgan fingerprint density at radius 1 is 0.985 bits per heavy atom. The van der Waals surface area contributed by atoms with Gasteiger partial charge < -0.3 is 38.3 Å². The van der Waals surface area contributed by atoms with Gasteiger partial charge in [-0.3, -0.25) is 19.9 Å². The average Bonchev–Trinajstić information content (AvgIpc) is 3.79. The Morgan fingerprint density at radius 3 is 2.51 bits per heavy atom. The molecule has 2 fully saturated rings. The summed E-state index contributed by atoms with van der Waals surface area (Å²) in [5.74, 6) is 0.443. The van der Waals surface area contributed by atoms with Gasteiger partial charge in [0.1, 0.15) is 18.4 Å². The van der Waals surface area contributed by atoms with Gasteiger partial charge in [-0.25, -0.2) is 9.59 Å². The predicted octanol–water partition coefficient (Wildman–Crippen LogP) is 5.90. The molecule has 4 aromatic carbocycles. The fraction of sp³-hybridized carbons (Fsp3) is 0.388. The second-order valence-electron chi connectivity index (χ2n) is 17.2. The van der Waals surface area contributed by atoms with Crippen LogP contribution in [0.15, 0.2) is 54.6 Å². The Kier molecular flexibility index (Phi) is 10.7. The molecule has 0 aliphatic carbocycles. The molecular formula is C49H48N4O11S. The molecule has 16 heteroatoms. The molecule has 7 aliphatic rings. The zero-order chi connectivity index (χ0) is 45.5. The van der Waals surface area contributed by atoms with E-state index in [9.17, 15) is 20.0 Å². The highest BCUT2D eigenvalue weighted by molar-refractivity contribution is 7.99. The fourth-order valence-electron chi connectivity index (χ4n) is 11.1. The van der Waals surface area contributed by atoms with Crippen molar-refractivity contribution < 1.29 is 52.6 Å². The van der Waals surface area contributed by atoms with Gasteiger partial charge in [-0.2, -0.15) is 5.26 Å². The van der Waals surface area contributed by atoms with Crippen molar-refractivity contribution >= 4 is 35.7 Å². The molecule has 4 bridgehead atoms. The van der Waals surface area contributed by atoms with Crippen molar-refractivity contribution in [2.75, 3.05) is 47.0 Å². The number of aryl methyl sites for hydroxylation is 1. The van der Waals surface area contributed by atoms with Crippen LogP contribution in [0.25, 0.3) is 6.08 Å². The molecule has 4 aromatic rings. The maximum atomic E-state index is 15.1. The lowest BCUT2D eigenvalue weighted by Gasteiger charge is -2.62. The predicted molar refractivity (Wildman–Crippen MR) is 237 cm³/mol. The number of carbonyl (C=O) groups is 3. The van der Waals surface area contributed by atoms with E-state index in [1.165, 1.54) is 39.0 Å². The first kappa shape index (κ1) is 42.7. The first-order valence-electron chi connectivity index (χ1n) is 21.5. The number of carbonyl (C=O) groups excluding carboxylic acids is 3. The lowest BCUT2D eigenvalue weighted by atomic mass is 9.71. The smallest absolute Gasteiger partial charge is 0.336 e. The summed E-state index contributed by atoms with van der Waals surface area (Å²) >= 11 is 1.46. The zero-order valence-electron chi connectivity index (χ0n) is 36.8. The highest BCUT2D eigenvalue weighted by atomic mass is 32.2. The van der Waals surface area contributed by atoms with Gasteiger partial charge in [0.15, 0.2) is 40.0 Å². The van der Waals surface area contributed by atoms with Crippen LogP contribution in [0.2, 0.25) is 0 Å². The van der Waals surface area contributed by atoms with E-state index in [4.69, 9.17) is 33.2 Å². The minimum absolute atomic E-state index is 0.0263. The number of methoxy groups -OCH3 is 2. The second-order valence-corrected chi connectivity index (χ2v) is 18.4. The molecule has 1 unspecified atom stereocenters. The van der Waals surface area contributed by atoms with Gasteiger partial charge in [-0.15, -0.1) is 11.8 Å². The van der Waals surface area contributed by atoms with Crippen LogP contribution >= 0.6 is 11.8 Å². The topological polar surface area (TPSA) is 178 Å². The van der Waals surface area contributed by atoms with Crippen molar-refractivity contribution in [3.8, 4) is 46.3 Å². The standard InChI is InChI=1S/C49H48N4O11S/c1-24-16-29-17-31-32(20-50)53-33-21-60-48(57)49(30-19-34(58-5)35(18-28(30)14-15-51-49)64-36(55)13-12-27-10-8-7-9-11-27)22-65-47(41(53)40(52(31)4)37(29)42(56)43(24)59-6)39-38(33)46-45(61-23-62-46)25(2)44(39)63-26(3)54/h7-13,16,18-19,31-33,40-41,47,51,56H,14-15,17,21-23H2,1-6H3/t31-,32-,33-,40+,41?,47+,49+/m0/s1. The van der Waals surface area contributed by atoms with E-state index < -0.39 is 52.9 Å². The third kappa shape index (κ3) is 6.61. The van der Waals surface area contributed by atoms with Gasteiger partial charge in [0.2, 0.25) is 6.79 Å². The molecule has 7 aliphatic heterocycles. The third-order valence-corrected chi connectivity index (χ3v) is 15.3. The summed E-state index contributed by atoms with van der Waals surface area (Å²) in [7, 11) is 4.99. The SMILES string of the molecule is COc1cc2c(cc1OC(=O)C=Cc1ccccc1)CCN[C@]21CS[C@@H]2c3c(OC(C)=O)c(C)c4c(c3[C@H](COC1=O)N1C2[C@H]2c3c(cc(C)c(OC)c3O)C[C@@H]([C@@H]1C#N)N2C)OCO4. The molecular weight excluding hydrogens is 853 g/mol. The molecule has 7 heterocycles. The highest BCUT2D eigenvalue weighted by Crippen LogP contribution is 2.64. The number of aromatic hydroxyl groups is 1. The Bertz CT molecular complexity index is 2740. The van der Waals surface area contributed by atoms with E-state index in [-0.39, 0.29) is 42.4 Å². The van der Waals surface area contributed by atoms with Gasteiger partial charge in [0.05, 0.1) is 37.6 Å². The Balaban J connectivity index is 1.15. The van der Waals surface area contributed by atoms with Gasteiger partial charge in [-0.05, 0) is 79.8 Å². The van der Waals surface area contributed by atoms with Crippen molar-refractivity contribution in [3.63, 3.8) is 0 Å². The van der Waals surface area contributed by atoms with Gasteiger partial charge >= 0.3 is 17.9 Å². The summed E-state index contributed by atoms with van der Waals surface area (Å²) in [6, 6.07) is 14.7. The fourth-order valence-corrected chi connectivity index (χ4v) is 12.8. The molecule has 65 heavy (non-hydrogen) atoms. The number of nitrogens with one attached hydrogen (secondary N) is 1. The van der Waals surface area contributed by atoms with E-state index >= 15 is 4.79 Å². The van der Waals surface area contributed by atoms with Crippen LogP contribution in [-0.4, -0.2) is 97.9 Å². The maximum Gasteiger partial charge on any atom is 0.336 e. The molecule has 2 saturated heterocycles. The third-order valence-electron chi connectivity index (χ3n) is 13.8. The monoisotopic (exact) mass is 900 g/mol. The molecule has 0 aromatic heterocycles. The van der Waals surface area contributed by atoms with Crippen LogP contribution in [0.1, 0.15) is 74.3 Å². The number of hydrogen-bond acceptors (Lipinski definition) is 16. The Morgan fingerprint density at radius 2 is 1.77 bits per heavy atom. The highest BCUT2D eigenvalue weighted by Gasteiger charge is 2.62. The first-order valence-corrected chi connectivity index (χ1v) is 22.6. The van der Waals surface area contributed by atoms with Crippen molar-refractivity contribution in [1.82, 2.24) is 15.1 Å². The molecule has 0 radical (unpaired) electrons. The number of benzene rings is 4. The number of phenolic OH excluding ortho intramolecular Hbond substituents is 1. The average molecular weight is 901 g/mol. The van der Waals surface area contributed by atoms with E-state index in [0.717, 1.165) is 22.3 Å². The van der Waals surface area contributed by atoms with E-state index in [1.54, 1.807) is 18.2 Å². The number of piperazine rings is 1. The summed E-state index contributed by atoms with van der Waals surface area (Å²) in [5.41, 5.74) is 5.00. The van der Waals surface area contributed by atoms with Crippen LogP contribution in [0.5, 0.6) is 40.2 Å². The van der Waals surface area contributed by atoms with Crippen molar-refractivity contribution in [2.24, 2.45) is 0 Å². The quantitative estimate of drug-likeness (QED) is 0.133. The summed E-state index contributed by atoms with van der Waals surface area (Å²) in [5, 5.41) is 26.4. The molecule has 2 N–H and O–H groups in total. The van der Waals surface area contributed by atoms with Crippen molar-refractivity contribution in [1.29, 1.82) is 5.26 Å². The number of likely N-dealkylation sites (N-methyl/N-ethyl adjacent to an activating group) is 1. The molecule has 0 saturated carbocycles. The van der Waals surface area contributed by atoms with Crippen LogP contribution in [0, 0.1) is 25.2 Å². The van der Waals surface area contributed by atoms with Crippen LogP contribution in [-0.2, 0) is 37.5 Å². The van der Waals surface area contributed by atoms with E-state index in [1.807, 2.05) is 57.3 Å². The van der Waals surface area contributed by atoms with Gasteiger partial charge in [-0.1, -0.05) is 36.4 Å². The van der Waals surface area contributed by atoms with Crippen molar-refractivity contribution in [2.45, 2.75) is 74.6 Å². The molecule has 11 rings (SSSR count). The number of rotatable bonds is 6. The lowest BCUT2D eigenvalue weighted by Crippen LogP contribution is -2.69. The molecule has 1 spiro atoms. The van der Waals surface area contributed by atoms with Gasteiger partial charge in [0.25, 0.3) is 0 Å². The normalized spacial score (nSPS) is 26.3. The van der Waals surface area contributed by atoms with Crippen LogP contribution < -0.4 is 33.7 Å². The number of fused-ring (bicyclic) bond motifs is 9. The number of nitriles is 1. The molecule has 7 atom stereocenters. The van der Waals surface area contributed by atoms with Crippen LogP contribution in [0.4, 0.5) is 0 Å². The summed E-state index contributed by atoms with van der Waals surface area (Å²) < 4.78 is 42.5. The lowest BCUT2D eigenvalue weighted by molar-refractivity contribution is -0.157. The Labute approximate surface area is 380 Å². The molecule has 15 nitrogen and oxygen atoms in total. The van der Waals surface area contributed by atoms with Crippen LogP contribution in [0.3, 0.4) is 0 Å².